The summed E-state index contributed by atoms with van der Waals surface area (Å²) in [5.41, 5.74) is 1.17. The van der Waals surface area contributed by atoms with Gasteiger partial charge in [-0.05, 0) is 31.2 Å². The van der Waals surface area contributed by atoms with Gasteiger partial charge < -0.3 is 9.47 Å². The second kappa shape index (κ2) is 7.99. The maximum absolute atomic E-state index is 10.8. The van der Waals surface area contributed by atoms with E-state index in [0.29, 0.717) is 24.5 Å². The van der Waals surface area contributed by atoms with E-state index in [9.17, 15) is 8.42 Å². The van der Waals surface area contributed by atoms with Crippen molar-refractivity contribution >= 4 is 10.1 Å². The summed E-state index contributed by atoms with van der Waals surface area (Å²) in [6.07, 6.45) is 1.51. The van der Waals surface area contributed by atoms with Crippen LogP contribution in [0.2, 0.25) is 0 Å². The minimum Gasteiger partial charge on any atom is -0.493 e. The highest BCUT2D eigenvalue weighted by molar-refractivity contribution is 7.85. The molecule has 0 spiro atoms. The molecule has 0 aliphatic heterocycles. The number of aryl methyl sites for hydroxylation is 1. The summed E-state index contributed by atoms with van der Waals surface area (Å²) in [4.78, 5) is 0. The molecule has 23 heavy (non-hydrogen) atoms. The molecular weight excluding hydrogens is 316 g/mol. The molecule has 0 saturated heterocycles. The van der Waals surface area contributed by atoms with E-state index < -0.39 is 10.1 Å². The van der Waals surface area contributed by atoms with E-state index in [1.54, 1.807) is 6.07 Å². The van der Waals surface area contributed by atoms with Gasteiger partial charge in [0.1, 0.15) is 17.2 Å². The number of rotatable bonds is 8. The summed E-state index contributed by atoms with van der Waals surface area (Å²) in [7, 11) is -3.39. The molecule has 5 nitrogen and oxygen atoms in total. The number of ether oxygens (including phenoxy) is 2. The first-order valence-electron chi connectivity index (χ1n) is 7.24. The molecule has 0 N–H and O–H groups in total. The average molecular weight is 336 g/mol. The van der Waals surface area contributed by atoms with Gasteiger partial charge in [-0.25, -0.2) is 0 Å². The zero-order chi connectivity index (χ0) is 16.7. The molecule has 0 aliphatic carbocycles. The number of hydrogen-bond acceptors (Lipinski definition) is 5. The number of benzene rings is 2. The van der Waals surface area contributed by atoms with Crippen LogP contribution in [0.25, 0.3) is 0 Å². The highest BCUT2D eigenvalue weighted by Crippen LogP contribution is 2.25. The van der Waals surface area contributed by atoms with Gasteiger partial charge >= 0.3 is 0 Å². The van der Waals surface area contributed by atoms with Crippen LogP contribution in [-0.4, -0.2) is 27.9 Å². The zero-order valence-electron chi connectivity index (χ0n) is 13.2. The molecule has 2 aromatic carbocycles. The van der Waals surface area contributed by atoms with E-state index in [1.165, 1.54) is 5.56 Å². The minimum absolute atomic E-state index is 0.110. The van der Waals surface area contributed by atoms with Gasteiger partial charge in [-0.1, -0.05) is 23.8 Å². The monoisotopic (exact) mass is 336 g/mol. The lowest BCUT2D eigenvalue weighted by molar-refractivity contribution is 0.251. The summed E-state index contributed by atoms with van der Waals surface area (Å²) in [5.74, 6) is 2.10. The Kier molecular flexibility index (Phi) is 6.01. The molecule has 0 heterocycles. The Morgan fingerprint density at radius 3 is 2.30 bits per heavy atom. The molecule has 2 aromatic rings. The molecule has 2 rings (SSSR count). The standard InChI is InChI=1S/C17H20O5S/c1-14-7-9-15(10-8-14)22-17-6-3-5-16(13-17)20-11-4-12-21-23(2,18)19/h3,5-10,13H,4,11-12H2,1-2H3. The predicted molar refractivity (Wildman–Crippen MR) is 88.6 cm³/mol. The lowest BCUT2D eigenvalue weighted by Gasteiger charge is -2.09. The molecule has 0 unspecified atom stereocenters. The third-order valence-corrected chi connectivity index (χ3v) is 3.51. The van der Waals surface area contributed by atoms with Gasteiger partial charge in [0.25, 0.3) is 10.1 Å². The van der Waals surface area contributed by atoms with Crippen molar-refractivity contribution < 1.29 is 22.1 Å². The molecule has 0 radical (unpaired) electrons. The van der Waals surface area contributed by atoms with E-state index in [-0.39, 0.29) is 6.61 Å². The van der Waals surface area contributed by atoms with Gasteiger partial charge in [-0.3, -0.25) is 4.18 Å². The molecule has 0 aromatic heterocycles. The zero-order valence-corrected chi connectivity index (χ0v) is 14.0. The normalized spacial score (nSPS) is 11.2. The van der Waals surface area contributed by atoms with Gasteiger partial charge in [0.05, 0.1) is 19.5 Å². The SMILES string of the molecule is Cc1ccc(Oc2cccc(OCCCOS(C)(=O)=O)c2)cc1. The Morgan fingerprint density at radius 2 is 1.61 bits per heavy atom. The number of hydrogen-bond donors (Lipinski definition) is 0. The molecule has 0 atom stereocenters. The molecule has 124 valence electrons. The fraction of sp³-hybridized carbons (Fsp3) is 0.294. The van der Waals surface area contributed by atoms with Crippen molar-refractivity contribution in [1.29, 1.82) is 0 Å². The van der Waals surface area contributed by atoms with Gasteiger partial charge in [0, 0.05) is 12.5 Å². The lowest BCUT2D eigenvalue weighted by Crippen LogP contribution is -2.07. The van der Waals surface area contributed by atoms with Crippen molar-refractivity contribution in [2.45, 2.75) is 13.3 Å². The van der Waals surface area contributed by atoms with Crippen LogP contribution >= 0.6 is 0 Å². The maximum atomic E-state index is 10.8. The molecular formula is C17H20O5S. The summed E-state index contributed by atoms with van der Waals surface area (Å²) in [6, 6.07) is 15.1. The van der Waals surface area contributed by atoms with Gasteiger partial charge in [0.2, 0.25) is 0 Å². The third kappa shape index (κ3) is 6.71. The Balaban J connectivity index is 1.83. The minimum atomic E-state index is -3.39. The summed E-state index contributed by atoms with van der Waals surface area (Å²) < 4.78 is 37.6. The quantitative estimate of drug-likeness (QED) is 0.545. The second-order valence-electron chi connectivity index (χ2n) is 5.12. The van der Waals surface area contributed by atoms with E-state index in [2.05, 4.69) is 4.18 Å². The van der Waals surface area contributed by atoms with Crippen molar-refractivity contribution in [3.05, 3.63) is 54.1 Å². The summed E-state index contributed by atoms with van der Waals surface area (Å²) in [6.45, 7) is 2.49. The largest absolute Gasteiger partial charge is 0.493 e. The van der Waals surface area contributed by atoms with Crippen LogP contribution in [0, 0.1) is 6.92 Å². The van der Waals surface area contributed by atoms with E-state index in [4.69, 9.17) is 9.47 Å². The van der Waals surface area contributed by atoms with Crippen molar-refractivity contribution in [3.63, 3.8) is 0 Å². The van der Waals surface area contributed by atoms with Crippen LogP contribution in [0.3, 0.4) is 0 Å². The molecule has 0 amide bonds. The topological polar surface area (TPSA) is 61.8 Å². The van der Waals surface area contributed by atoms with Crippen LogP contribution in [0.5, 0.6) is 17.2 Å². The fourth-order valence-electron chi connectivity index (χ4n) is 1.83. The van der Waals surface area contributed by atoms with Crippen molar-refractivity contribution in [1.82, 2.24) is 0 Å². The molecule has 0 bridgehead atoms. The van der Waals surface area contributed by atoms with Crippen molar-refractivity contribution in [2.24, 2.45) is 0 Å². The predicted octanol–water partition coefficient (Wildman–Crippen LogP) is 3.53. The highest BCUT2D eigenvalue weighted by Gasteiger charge is 2.02. The molecule has 0 aliphatic rings. The molecule has 0 fully saturated rings. The Bertz CT molecular complexity index is 723. The van der Waals surface area contributed by atoms with Gasteiger partial charge in [-0.15, -0.1) is 0 Å². The smallest absolute Gasteiger partial charge is 0.264 e. The van der Waals surface area contributed by atoms with Crippen molar-refractivity contribution in [2.75, 3.05) is 19.5 Å². The first kappa shape index (κ1) is 17.3. The summed E-state index contributed by atoms with van der Waals surface area (Å²) >= 11 is 0. The molecule has 6 heteroatoms. The van der Waals surface area contributed by atoms with Crippen LogP contribution in [0.4, 0.5) is 0 Å². The average Bonchev–Trinajstić information content (AvgIpc) is 2.49. The van der Waals surface area contributed by atoms with Crippen molar-refractivity contribution in [3.8, 4) is 17.2 Å². The summed E-state index contributed by atoms with van der Waals surface area (Å²) in [5, 5.41) is 0. The maximum Gasteiger partial charge on any atom is 0.264 e. The van der Waals surface area contributed by atoms with E-state index in [1.807, 2.05) is 49.4 Å². The van der Waals surface area contributed by atoms with Gasteiger partial charge in [0.15, 0.2) is 0 Å². The second-order valence-corrected chi connectivity index (χ2v) is 6.76. The first-order chi connectivity index (χ1) is 10.9. The lowest BCUT2D eigenvalue weighted by atomic mass is 10.2. The Morgan fingerprint density at radius 1 is 0.913 bits per heavy atom. The first-order valence-corrected chi connectivity index (χ1v) is 9.06. The van der Waals surface area contributed by atoms with E-state index in [0.717, 1.165) is 12.0 Å². The third-order valence-electron chi connectivity index (χ3n) is 2.92. The Hall–Kier alpha value is -2.05. The van der Waals surface area contributed by atoms with E-state index >= 15 is 0 Å². The Labute approximate surface area is 136 Å². The molecule has 0 saturated carbocycles. The van der Waals surface area contributed by atoms with Crippen LogP contribution < -0.4 is 9.47 Å². The fourth-order valence-corrected chi connectivity index (χ4v) is 2.25. The van der Waals surface area contributed by atoms with Crippen LogP contribution in [-0.2, 0) is 14.3 Å². The van der Waals surface area contributed by atoms with Gasteiger partial charge in [-0.2, -0.15) is 8.42 Å². The van der Waals surface area contributed by atoms with Crippen LogP contribution in [0.15, 0.2) is 48.5 Å². The highest BCUT2D eigenvalue weighted by atomic mass is 32.2. The van der Waals surface area contributed by atoms with Crippen LogP contribution in [0.1, 0.15) is 12.0 Å².